The molecule has 2 aromatic heterocycles. The predicted molar refractivity (Wildman–Crippen MR) is 58.1 cm³/mol. The van der Waals surface area contributed by atoms with Crippen LogP contribution in [0.5, 0.6) is 0 Å². The molecule has 1 N–H and O–H groups in total. The van der Waals surface area contributed by atoms with Crippen molar-refractivity contribution in [3.05, 3.63) is 34.2 Å². The van der Waals surface area contributed by atoms with E-state index in [1.54, 1.807) is 0 Å². The quantitative estimate of drug-likeness (QED) is 0.820. The summed E-state index contributed by atoms with van der Waals surface area (Å²) < 4.78 is 28.9. The number of fused-ring (bicyclic) bond motifs is 1. The molecule has 0 radical (unpaired) electrons. The Morgan fingerprint density at radius 2 is 2.06 bits per heavy atom. The van der Waals surface area contributed by atoms with E-state index in [1.165, 1.54) is 20.0 Å². The van der Waals surface area contributed by atoms with Gasteiger partial charge in [-0.1, -0.05) is 0 Å². The maximum atomic E-state index is 13.9. The Morgan fingerprint density at radius 1 is 1.44 bits per heavy atom. The molecule has 2 rings (SSSR count). The lowest BCUT2D eigenvalue weighted by Crippen LogP contribution is -2.19. The highest BCUT2D eigenvalue weighted by molar-refractivity contribution is 9.10. The number of nitrogens with zero attached hydrogens (tertiary/aromatic N) is 2. The lowest BCUT2D eigenvalue weighted by atomic mass is 9.99. The normalized spacial score (nSPS) is 12.4. The Balaban J connectivity index is 2.87. The summed E-state index contributed by atoms with van der Waals surface area (Å²) in [6.07, 6.45) is 1.30. The summed E-state index contributed by atoms with van der Waals surface area (Å²) >= 11 is 3.06. The molecule has 2 heterocycles. The predicted octanol–water partition coefficient (Wildman–Crippen LogP) is 2.60. The molecule has 0 aliphatic carbocycles. The van der Waals surface area contributed by atoms with E-state index >= 15 is 0 Å². The van der Waals surface area contributed by atoms with E-state index in [0.717, 1.165) is 10.5 Å². The number of hydrogen-bond acceptors (Lipinski definition) is 2. The number of hydrogen-bond donors (Lipinski definition) is 1. The van der Waals surface area contributed by atoms with Crippen molar-refractivity contribution < 1.29 is 13.9 Å². The van der Waals surface area contributed by atoms with Gasteiger partial charge in [0.1, 0.15) is 4.60 Å². The van der Waals surface area contributed by atoms with E-state index in [4.69, 9.17) is 0 Å². The first kappa shape index (κ1) is 11.5. The standard InChI is InChI=1S/C10H9BrF2N2O/c1-10(2,16)5-3-7(12)15-6(11)4-14-9(15)8(5)13/h3-4,16H,1-2H3. The first-order chi connectivity index (χ1) is 7.32. The minimum atomic E-state index is -1.45. The van der Waals surface area contributed by atoms with Gasteiger partial charge in [0.05, 0.1) is 11.8 Å². The molecule has 0 unspecified atom stereocenters. The maximum absolute atomic E-state index is 13.9. The number of pyridine rings is 1. The van der Waals surface area contributed by atoms with Crippen molar-refractivity contribution in [1.29, 1.82) is 0 Å². The van der Waals surface area contributed by atoms with Gasteiger partial charge < -0.3 is 5.11 Å². The molecule has 0 bridgehead atoms. The number of halogens is 3. The van der Waals surface area contributed by atoms with E-state index in [0.29, 0.717) is 4.60 Å². The fourth-order valence-corrected chi connectivity index (χ4v) is 1.94. The molecule has 86 valence electrons. The van der Waals surface area contributed by atoms with Gasteiger partial charge in [-0.3, -0.25) is 4.40 Å². The van der Waals surface area contributed by atoms with Gasteiger partial charge in [-0.25, -0.2) is 9.37 Å². The monoisotopic (exact) mass is 290 g/mol. The first-order valence-corrected chi connectivity index (χ1v) is 5.35. The largest absolute Gasteiger partial charge is 0.386 e. The van der Waals surface area contributed by atoms with Crippen LogP contribution in [0.15, 0.2) is 16.9 Å². The van der Waals surface area contributed by atoms with Crippen LogP contribution in [0.25, 0.3) is 5.65 Å². The molecule has 0 spiro atoms. The van der Waals surface area contributed by atoms with Gasteiger partial charge in [0.15, 0.2) is 11.5 Å². The molecule has 16 heavy (non-hydrogen) atoms. The molecule has 2 aromatic rings. The fourth-order valence-electron chi connectivity index (χ4n) is 1.50. The van der Waals surface area contributed by atoms with Crippen molar-refractivity contribution in [2.24, 2.45) is 0 Å². The lowest BCUT2D eigenvalue weighted by molar-refractivity contribution is 0.0741. The van der Waals surface area contributed by atoms with E-state index in [9.17, 15) is 13.9 Å². The number of aromatic nitrogens is 2. The Morgan fingerprint density at radius 3 is 2.62 bits per heavy atom. The van der Waals surface area contributed by atoms with E-state index < -0.39 is 17.4 Å². The summed E-state index contributed by atoms with van der Waals surface area (Å²) in [5.74, 6) is -1.41. The third-order valence-corrected chi connectivity index (χ3v) is 2.85. The summed E-state index contributed by atoms with van der Waals surface area (Å²) in [7, 11) is 0. The molecule has 0 fully saturated rings. The summed E-state index contributed by atoms with van der Waals surface area (Å²) in [5, 5.41) is 9.71. The Labute approximate surface area is 98.9 Å². The Hall–Kier alpha value is -1.01. The molecule has 0 atom stereocenters. The van der Waals surface area contributed by atoms with Gasteiger partial charge >= 0.3 is 0 Å². The molecule has 0 saturated heterocycles. The van der Waals surface area contributed by atoms with Crippen LogP contribution in [-0.2, 0) is 5.60 Å². The van der Waals surface area contributed by atoms with Crippen molar-refractivity contribution in [2.75, 3.05) is 0 Å². The van der Waals surface area contributed by atoms with E-state index in [-0.39, 0.29) is 11.2 Å². The zero-order valence-corrected chi connectivity index (χ0v) is 10.2. The summed E-state index contributed by atoms with van der Waals surface area (Å²) in [6, 6.07) is 0.967. The van der Waals surface area contributed by atoms with Gasteiger partial charge in [0.25, 0.3) is 0 Å². The second kappa shape index (κ2) is 3.49. The van der Waals surface area contributed by atoms with Crippen LogP contribution in [0.2, 0.25) is 0 Å². The number of aliphatic hydroxyl groups is 1. The third kappa shape index (κ3) is 1.62. The van der Waals surface area contributed by atoms with Gasteiger partial charge in [-0.2, -0.15) is 4.39 Å². The van der Waals surface area contributed by atoms with Crippen LogP contribution in [0.3, 0.4) is 0 Å². The molecule has 3 nitrogen and oxygen atoms in total. The number of rotatable bonds is 1. The smallest absolute Gasteiger partial charge is 0.200 e. The van der Waals surface area contributed by atoms with Crippen LogP contribution in [0.4, 0.5) is 8.78 Å². The molecule has 0 amide bonds. The van der Waals surface area contributed by atoms with Gasteiger partial charge in [-0.15, -0.1) is 0 Å². The Kier molecular flexibility index (Phi) is 2.51. The highest BCUT2D eigenvalue weighted by Crippen LogP contribution is 2.28. The minimum Gasteiger partial charge on any atom is -0.386 e. The zero-order chi connectivity index (χ0) is 12.1. The molecule has 0 saturated carbocycles. The SMILES string of the molecule is CC(C)(O)c1cc(F)n2c(Br)cnc2c1F. The summed E-state index contributed by atoms with van der Waals surface area (Å²) in [5.41, 5.74) is -1.72. The maximum Gasteiger partial charge on any atom is 0.200 e. The van der Waals surface area contributed by atoms with Crippen LogP contribution in [0, 0.1) is 11.8 Å². The Bertz CT molecular complexity index is 560. The van der Waals surface area contributed by atoms with E-state index in [1.807, 2.05) is 0 Å². The first-order valence-electron chi connectivity index (χ1n) is 4.56. The van der Waals surface area contributed by atoms with Crippen molar-refractivity contribution in [3.8, 4) is 0 Å². The molecule has 6 heteroatoms. The lowest BCUT2D eigenvalue weighted by Gasteiger charge is -2.19. The van der Waals surface area contributed by atoms with E-state index in [2.05, 4.69) is 20.9 Å². The molecular formula is C10H9BrF2N2O. The van der Waals surface area contributed by atoms with Crippen LogP contribution < -0.4 is 0 Å². The highest BCUT2D eigenvalue weighted by atomic mass is 79.9. The molecule has 0 aliphatic rings. The number of imidazole rings is 1. The third-order valence-electron chi connectivity index (χ3n) is 2.29. The van der Waals surface area contributed by atoms with Crippen molar-refractivity contribution in [3.63, 3.8) is 0 Å². The van der Waals surface area contributed by atoms with Gasteiger partial charge in [-0.05, 0) is 29.8 Å². The molecule has 0 aromatic carbocycles. The fraction of sp³-hybridized carbons (Fsp3) is 0.300. The topological polar surface area (TPSA) is 37.5 Å². The van der Waals surface area contributed by atoms with Crippen LogP contribution >= 0.6 is 15.9 Å². The van der Waals surface area contributed by atoms with Crippen molar-refractivity contribution in [2.45, 2.75) is 19.4 Å². The zero-order valence-electron chi connectivity index (χ0n) is 8.63. The van der Waals surface area contributed by atoms with Gasteiger partial charge in [0, 0.05) is 11.6 Å². The average molecular weight is 291 g/mol. The molecular weight excluding hydrogens is 282 g/mol. The van der Waals surface area contributed by atoms with Crippen LogP contribution in [0.1, 0.15) is 19.4 Å². The van der Waals surface area contributed by atoms with Crippen molar-refractivity contribution >= 4 is 21.6 Å². The van der Waals surface area contributed by atoms with Gasteiger partial charge in [0.2, 0.25) is 5.95 Å². The molecule has 0 aliphatic heterocycles. The highest BCUT2D eigenvalue weighted by Gasteiger charge is 2.25. The van der Waals surface area contributed by atoms with Crippen LogP contribution in [-0.4, -0.2) is 14.5 Å². The second-order valence-electron chi connectivity index (χ2n) is 3.99. The average Bonchev–Trinajstić information content (AvgIpc) is 2.53. The summed E-state index contributed by atoms with van der Waals surface area (Å²) in [4.78, 5) is 3.74. The minimum absolute atomic E-state index is 0.115. The van der Waals surface area contributed by atoms with Crippen molar-refractivity contribution in [1.82, 2.24) is 9.38 Å². The second-order valence-corrected chi connectivity index (χ2v) is 4.81. The summed E-state index contributed by atoms with van der Waals surface area (Å²) in [6.45, 7) is 2.78.